The molecule has 0 unspecified atom stereocenters. The summed E-state index contributed by atoms with van der Waals surface area (Å²) in [5, 5.41) is 6.97. The third kappa shape index (κ3) is 3.60. The average molecular weight is 205 g/mol. The van der Waals surface area contributed by atoms with Gasteiger partial charge in [-0.15, -0.1) is 0 Å². The van der Waals surface area contributed by atoms with E-state index in [1.807, 2.05) is 11.8 Å². The number of nitrogens with zero attached hydrogens (tertiary/aromatic N) is 1. The lowest BCUT2D eigenvalue weighted by atomic mass is 10.4. The predicted molar refractivity (Wildman–Crippen MR) is 58.3 cm³/mol. The van der Waals surface area contributed by atoms with Gasteiger partial charge in [-0.05, 0) is 30.6 Å². The fourth-order valence-electron chi connectivity index (χ4n) is 1.08. The van der Waals surface area contributed by atoms with Gasteiger partial charge in [0.05, 0.1) is 13.3 Å². The van der Waals surface area contributed by atoms with Gasteiger partial charge in [-0.25, -0.2) is 0 Å². The summed E-state index contributed by atoms with van der Waals surface area (Å²) in [6.07, 6.45) is 3.39. The standard InChI is InChI=1S/C7H15N3S2/c1-12-4-2-3-10-5-8-7(11)9-6-10/h2-6H2,1H3,(H2,8,9,11). The highest BCUT2D eigenvalue weighted by molar-refractivity contribution is 7.98. The number of thioether (sulfide) groups is 1. The maximum atomic E-state index is 4.94. The molecule has 0 bridgehead atoms. The maximum absolute atomic E-state index is 4.94. The van der Waals surface area contributed by atoms with Gasteiger partial charge in [0.25, 0.3) is 0 Å². The lowest BCUT2D eigenvalue weighted by molar-refractivity contribution is 0.246. The minimum atomic E-state index is 0.774. The van der Waals surface area contributed by atoms with E-state index in [0.717, 1.165) is 25.0 Å². The molecule has 2 N–H and O–H groups in total. The molecule has 0 saturated carbocycles. The molecule has 0 aromatic heterocycles. The van der Waals surface area contributed by atoms with Crippen molar-refractivity contribution in [2.75, 3.05) is 31.9 Å². The molecule has 0 amide bonds. The molecule has 1 aliphatic rings. The summed E-state index contributed by atoms with van der Waals surface area (Å²) in [6.45, 7) is 2.92. The Kier molecular flexibility index (Phi) is 4.72. The summed E-state index contributed by atoms with van der Waals surface area (Å²) in [5.41, 5.74) is 0. The molecule has 5 heteroatoms. The molecule has 70 valence electrons. The van der Waals surface area contributed by atoms with Crippen molar-refractivity contribution in [3.63, 3.8) is 0 Å². The fourth-order valence-corrected chi connectivity index (χ4v) is 1.62. The molecule has 0 spiro atoms. The highest BCUT2D eigenvalue weighted by Gasteiger charge is 2.09. The van der Waals surface area contributed by atoms with Crippen LogP contribution in [0, 0.1) is 0 Å². The fraction of sp³-hybridized carbons (Fsp3) is 0.857. The van der Waals surface area contributed by atoms with E-state index in [9.17, 15) is 0 Å². The van der Waals surface area contributed by atoms with E-state index in [0.29, 0.717) is 0 Å². The van der Waals surface area contributed by atoms with Gasteiger partial charge in [0, 0.05) is 6.54 Å². The lowest BCUT2D eigenvalue weighted by Gasteiger charge is -2.29. The number of thiocarbonyl (C=S) groups is 1. The van der Waals surface area contributed by atoms with E-state index in [4.69, 9.17) is 12.2 Å². The monoisotopic (exact) mass is 205 g/mol. The van der Waals surface area contributed by atoms with Crippen molar-refractivity contribution in [3.8, 4) is 0 Å². The van der Waals surface area contributed by atoms with Crippen molar-refractivity contribution in [1.82, 2.24) is 15.5 Å². The lowest BCUT2D eigenvalue weighted by Crippen LogP contribution is -2.53. The van der Waals surface area contributed by atoms with Crippen LogP contribution in [0.25, 0.3) is 0 Å². The summed E-state index contributed by atoms with van der Waals surface area (Å²) in [5.74, 6) is 1.24. The van der Waals surface area contributed by atoms with Crippen molar-refractivity contribution >= 4 is 29.1 Å². The SMILES string of the molecule is CSCCCN1CNC(=S)NC1. The first-order valence-corrected chi connectivity index (χ1v) is 5.86. The molecule has 12 heavy (non-hydrogen) atoms. The third-order valence-corrected chi connectivity index (χ3v) is 2.73. The second-order valence-corrected chi connectivity index (χ2v) is 4.13. The van der Waals surface area contributed by atoms with Crippen LogP contribution in [-0.4, -0.2) is 41.9 Å². The molecule has 0 radical (unpaired) electrons. The normalized spacial score (nSPS) is 18.6. The highest BCUT2D eigenvalue weighted by atomic mass is 32.2. The van der Waals surface area contributed by atoms with Crippen LogP contribution in [0.5, 0.6) is 0 Å². The van der Waals surface area contributed by atoms with Gasteiger partial charge in [-0.2, -0.15) is 11.8 Å². The summed E-state index contributed by atoms with van der Waals surface area (Å²) in [7, 11) is 0. The average Bonchev–Trinajstić information content (AvgIpc) is 2.09. The first-order valence-electron chi connectivity index (χ1n) is 4.06. The molecule has 0 atom stereocenters. The summed E-state index contributed by atoms with van der Waals surface area (Å²) in [4.78, 5) is 2.31. The van der Waals surface area contributed by atoms with Crippen molar-refractivity contribution < 1.29 is 0 Å². The van der Waals surface area contributed by atoms with Crippen molar-refractivity contribution in [1.29, 1.82) is 0 Å². The Morgan fingerprint density at radius 2 is 2.17 bits per heavy atom. The quantitative estimate of drug-likeness (QED) is 0.513. The summed E-state index contributed by atoms with van der Waals surface area (Å²) < 4.78 is 0. The second kappa shape index (κ2) is 5.61. The molecule has 1 saturated heterocycles. The molecule has 0 aromatic rings. The smallest absolute Gasteiger partial charge is 0.168 e. The molecule has 0 aliphatic carbocycles. The molecular formula is C7H15N3S2. The molecule has 0 aromatic carbocycles. The summed E-state index contributed by atoms with van der Waals surface area (Å²) in [6, 6.07) is 0. The Balaban J connectivity index is 2.05. The van der Waals surface area contributed by atoms with Gasteiger partial charge in [0.1, 0.15) is 0 Å². The van der Waals surface area contributed by atoms with Gasteiger partial charge in [-0.3, -0.25) is 4.90 Å². The van der Waals surface area contributed by atoms with Crippen LogP contribution in [-0.2, 0) is 0 Å². The van der Waals surface area contributed by atoms with Crippen molar-refractivity contribution in [3.05, 3.63) is 0 Å². The molecule has 1 rings (SSSR count). The molecule has 1 aliphatic heterocycles. The third-order valence-electron chi connectivity index (χ3n) is 1.75. The Hall–Kier alpha value is -0.0000000000000000278. The molecular weight excluding hydrogens is 190 g/mol. The Morgan fingerprint density at radius 1 is 1.50 bits per heavy atom. The van der Waals surface area contributed by atoms with Crippen LogP contribution >= 0.6 is 24.0 Å². The number of hydrogen-bond donors (Lipinski definition) is 2. The zero-order valence-corrected chi connectivity index (χ0v) is 8.93. The Labute approximate surface area is 83.3 Å². The van der Waals surface area contributed by atoms with E-state index >= 15 is 0 Å². The molecule has 1 fully saturated rings. The zero-order valence-electron chi connectivity index (χ0n) is 7.30. The minimum Gasteiger partial charge on any atom is -0.350 e. The second-order valence-electron chi connectivity index (χ2n) is 2.74. The maximum Gasteiger partial charge on any atom is 0.168 e. The van der Waals surface area contributed by atoms with Crippen LogP contribution in [0.1, 0.15) is 6.42 Å². The Bertz CT molecular complexity index is 142. The van der Waals surface area contributed by atoms with E-state index in [2.05, 4.69) is 21.8 Å². The van der Waals surface area contributed by atoms with Crippen LogP contribution in [0.15, 0.2) is 0 Å². The Morgan fingerprint density at radius 3 is 2.75 bits per heavy atom. The van der Waals surface area contributed by atoms with E-state index in [1.165, 1.54) is 12.2 Å². The van der Waals surface area contributed by atoms with E-state index in [-0.39, 0.29) is 0 Å². The first kappa shape index (κ1) is 10.1. The zero-order chi connectivity index (χ0) is 8.81. The largest absolute Gasteiger partial charge is 0.350 e. The van der Waals surface area contributed by atoms with Gasteiger partial charge >= 0.3 is 0 Å². The number of rotatable bonds is 4. The van der Waals surface area contributed by atoms with Crippen LogP contribution < -0.4 is 10.6 Å². The van der Waals surface area contributed by atoms with E-state index < -0.39 is 0 Å². The van der Waals surface area contributed by atoms with Crippen LogP contribution in [0.2, 0.25) is 0 Å². The molecule has 1 heterocycles. The summed E-state index contributed by atoms with van der Waals surface area (Å²) >= 11 is 6.84. The van der Waals surface area contributed by atoms with Crippen molar-refractivity contribution in [2.45, 2.75) is 6.42 Å². The minimum absolute atomic E-state index is 0.774. The predicted octanol–water partition coefficient (Wildman–Crippen LogP) is 0.434. The van der Waals surface area contributed by atoms with Gasteiger partial charge in [0.2, 0.25) is 0 Å². The first-order chi connectivity index (χ1) is 5.83. The van der Waals surface area contributed by atoms with Crippen molar-refractivity contribution in [2.24, 2.45) is 0 Å². The highest BCUT2D eigenvalue weighted by Crippen LogP contribution is 1.98. The van der Waals surface area contributed by atoms with Crippen LogP contribution in [0.3, 0.4) is 0 Å². The van der Waals surface area contributed by atoms with E-state index in [1.54, 1.807) is 0 Å². The number of hydrogen-bond acceptors (Lipinski definition) is 3. The van der Waals surface area contributed by atoms with Gasteiger partial charge in [-0.1, -0.05) is 0 Å². The molecule has 3 nitrogen and oxygen atoms in total. The number of nitrogens with one attached hydrogen (secondary N) is 2. The van der Waals surface area contributed by atoms with Gasteiger partial charge < -0.3 is 10.6 Å². The van der Waals surface area contributed by atoms with Gasteiger partial charge in [0.15, 0.2) is 5.11 Å². The topological polar surface area (TPSA) is 27.3 Å². The van der Waals surface area contributed by atoms with Crippen LogP contribution in [0.4, 0.5) is 0 Å².